The maximum atomic E-state index is 12.5. The van der Waals surface area contributed by atoms with E-state index in [4.69, 9.17) is 4.74 Å². The molecular formula is C23H23N3O2S. The molecule has 29 heavy (non-hydrogen) atoms. The summed E-state index contributed by atoms with van der Waals surface area (Å²) >= 11 is 1.49. The monoisotopic (exact) mass is 405 g/mol. The zero-order valence-electron chi connectivity index (χ0n) is 16.3. The quantitative estimate of drug-likeness (QED) is 0.473. The summed E-state index contributed by atoms with van der Waals surface area (Å²) in [4.78, 5) is 17.1. The zero-order valence-corrected chi connectivity index (χ0v) is 17.1. The fourth-order valence-corrected chi connectivity index (χ4v) is 4.19. The van der Waals surface area contributed by atoms with E-state index >= 15 is 0 Å². The smallest absolute Gasteiger partial charge is 0.270 e. The molecule has 0 saturated heterocycles. The summed E-state index contributed by atoms with van der Waals surface area (Å²) < 4.78 is 7.48. The van der Waals surface area contributed by atoms with Crippen molar-refractivity contribution >= 4 is 28.1 Å². The standard InChI is InChI=1S/C23H23N3O2S/c1-28-14-13-26-20-10-6-5-9-18(20)15-21(26)23-25-19(16-29-23)22(27)24-12-11-17-7-3-2-4-8-17/h2-10,15-16H,11-14H2,1H3,(H,24,27). The van der Waals surface area contributed by atoms with Gasteiger partial charge in [0.1, 0.15) is 10.7 Å². The highest BCUT2D eigenvalue weighted by molar-refractivity contribution is 7.13. The number of hydrogen-bond acceptors (Lipinski definition) is 4. The number of rotatable bonds is 8. The molecule has 2 aromatic heterocycles. The first-order chi connectivity index (χ1) is 14.3. The van der Waals surface area contributed by atoms with Crippen LogP contribution in [0, 0.1) is 0 Å². The molecule has 2 aromatic carbocycles. The molecule has 4 aromatic rings. The van der Waals surface area contributed by atoms with Gasteiger partial charge in [0.15, 0.2) is 0 Å². The summed E-state index contributed by atoms with van der Waals surface area (Å²) in [6.07, 6.45) is 0.800. The molecule has 0 fully saturated rings. The van der Waals surface area contributed by atoms with Crippen LogP contribution in [0.2, 0.25) is 0 Å². The summed E-state index contributed by atoms with van der Waals surface area (Å²) in [6, 6.07) is 20.5. The summed E-state index contributed by atoms with van der Waals surface area (Å²) in [6.45, 7) is 1.94. The molecule has 0 radical (unpaired) electrons. The van der Waals surface area contributed by atoms with E-state index in [9.17, 15) is 4.79 Å². The minimum absolute atomic E-state index is 0.136. The number of amides is 1. The second-order valence-electron chi connectivity index (χ2n) is 6.76. The highest BCUT2D eigenvalue weighted by Gasteiger charge is 2.16. The van der Waals surface area contributed by atoms with Gasteiger partial charge < -0.3 is 14.6 Å². The molecule has 0 aliphatic carbocycles. The second kappa shape index (κ2) is 9.03. The van der Waals surface area contributed by atoms with Crippen molar-refractivity contribution < 1.29 is 9.53 Å². The molecule has 6 heteroatoms. The van der Waals surface area contributed by atoms with Gasteiger partial charge >= 0.3 is 0 Å². The fourth-order valence-electron chi connectivity index (χ4n) is 3.36. The SMILES string of the molecule is COCCn1c(-c2nc(C(=O)NCCc3ccccc3)cs2)cc2ccccc21. The number of thiazole rings is 1. The predicted molar refractivity (Wildman–Crippen MR) is 117 cm³/mol. The summed E-state index contributed by atoms with van der Waals surface area (Å²) in [5, 5.41) is 6.78. The summed E-state index contributed by atoms with van der Waals surface area (Å²) in [5.41, 5.74) is 3.82. The van der Waals surface area contributed by atoms with Gasteiger partial charge in [0.05, 0.1) is 12.3 Å². The minimum Gasteiger partial charge on any atom is -0.383 e. The van der Waals surface area contributed by atoms with Crippen molar-refractivity contribution in [2.24, 2.45) is 0 Å². The van der Waals surface area contributed by atoms with Gasteiger partial charge in [0.25, 0.3) is 5.91 Å². The van der Waals surface area contributed by atoms with Crippen LogP contribution in [0.25, 0.3) is 21.6 Å². The molecule has 2 heterocycles. The Hall–Kier alpha value is -2.96. The average Bonchev–Trinajstić information content (AvgIpc) is 3.38. The van der Waals surface area contributed by atoms with E-state index in [1.807, 2.05) is 35.7 Å². The first-order valence-electron chi connectivity index (χ1n) is 9.61. The number of para-hydroxylation sites is 1. The van der Waals surface area contributed by atoms with Gasteiger partial charge in [0, 0.05) is 36.5 Å². The maximum Gasteiger partial charge on any atom is 0.270 e. The highest BCUT2D eigenvalue weighted by Crippen LogP contribution is 2.30. The van der Waals surface area contributed by atoms with E-state index in [0.29, 0.717) is 18.8 Å². The van der Waals surface area contributed by atoms with Gasteiger partial charge in [-0.3, -0.25) is 4.79 Å². The Balaban J connectivity index is 1.50. The molecular weight excluding hydrogens is 382 g/mol. The Morgan fingerprint density at radius 2 is 1.93 bits per heavy atom. The van der Waals surface area contributed by atoms with E-state index < -0.39 is 0 Å². The van der Waals surface area contributed by atoms with Crippen molar-refractivity contribution in [1.29, 1.82) is 0 Å². The number of aromatic nitrogens is 2. The van der Waals surface area contributed by atoms with Crippen molar-refractivity contribution in [3.63, 3.8) is 0 Å². The molecule has 5 nitrogen and oxygen atoms in total. The number of nitrogens with zero attached hydrogens (tertiary/aromatic N) is 2. The van der Waals surface area contributed by atoms with Crippen molar-refractivity contribution in [1.82, 2.24) is 14.9 Å². The third kappa shape index (κ3) is 4.39. The second-order valence-corrected chi connectivity index (χ2v) is 7.62. The van der Waals surface area contributed by atoms with Crippen LogP contribution < -0.4 is 5.32 Å². The van der Waals surface area contributed by atoms with Gasteiger partial charge in [-0.2, -0.15) is 0 Å². The first-order valence-corrected chi connectivity index (χ1v) is 10.5. The highest BCUT2D eigenvalue weighted by atomic mass is 32.1. The third-order valence-corrected chi connectivity index (χ3v) is 5.69. The molecule has 0 atom stereocenters. The number of fused-ring (bicyclic) bond motifs is 1. The Bertz CT molecular complexity index is 1100. The van der Waals surface area contributed by atoms with Crippen LogP contribution >= 0.6 is 11.3 Å². The number of carbonyl (C=O) groups is 1. The third-order valence-electron chi connectivity index (χ3n) is 4.83. The van der Waals surface area contributed by atoms with Crippen LogP contribution in [0.15, 0.2) is 66.0 Å². The molecule has 0 unspecified atom stereocenters. The van der Waals surface area contributed by atoms with Gasteiger partial charge in [-0.15, -0.1) is 11.3 Å². The van der Waals surface area contributed by atoms with E-state index in [-0.39, 0.29) is 5.91 Å². The topological polar surface area (TPSA) is 56.2 Å². The molecule has 0 aliphatic heterocycles. The normalized spacial score (nSPS) is 11.1. The lowest BCUT2D eigenvalue weighted by molar-refractivity contribution is 0.0950. The lowest BCUT2D eigenvalue weighted by Crippen LogP contribution is -2.25. The Kier molecular flexibility index (Phi) is 6.03. The fraction of sp³-hybridized carbons (Fsp3) is 0.217. The van der Waals surface area contributed by atoms with E-state index in [1.54, 1.807) is 7.11 Å². The lowest BCUT2D eigenvalue weighted by atomic mass is 10.1. The van der Waals surface area contributed by atoms with E-state index in [2.05, 4.69) is 45.2 Å². The lowest BCUT2D eigenvalue weighted by Gasteiger charge is -2.08. The molecule has 1 N–H and O–H groups in total. The first kappa shape index (κ1) is 19.4. The van der Waals surface area contributed by atoms with Crippen LogP contribution in [0.3, 0.4) is 0 Å². The Morgan fingerprint density at radius 3 is 2.76 bits per heavy atom. The van der Waals surface area contributed by atoms with Crippen molar-refractivity contribution in [3.8, 4) is 10.7 Å². The molecule has 4 rings (SSSR count). The summed E-state index contributed by atoms with van der Waals surface area (Å²) in [5.74, 6) is -0.136. The number of methoxy groups -OCH3 is 1. The molecule has 0 bridgehead atoms. The number of ether oxygens (including phenoxy) is 1. The predicted octanol–water partition coefficient (Wildman–Crippen LogP) is 4.38. The van der Waals surface area contributed by atoms with Gasteiger partial charge in [-0.25, -0.2) is 4.98 Å². The Morgan fingerprint density at radius 1 is 1.14 bits per heavy atom. The molecule has 0 spiro atoms. The largest absolute Gasteiger partial charge is 0.383 e. The van der Waals surface area contributed by atoms with Gasteiger partial charge in [-0.1, -0.05) is 48.5 Å². The maximum absolute atomic E-state index is 12.5. The van der Waals surface area contributed by atoms with Crippen LogP contribution in [0.5, 0.6) is 0 Å². The molecule has 1 amide bonds. The number of nitrogens with one attached hydrogen (secondary N) is 1. The summed E-state index contributed by atoms with van der Waals surface area (Å²) in [7, 11) is 1.70. The molecule has 0 saturated carbocycles. The Labute approximate surface area is 174 Å². The molecule has 148 valence electrons. The van der Waals surface area contributed by atoms with E-state index in [0.717, 1.165) is 34.6 Å². The van der Waals surface area contributed by atoms with Crippen molar-refractivity contribution in [3.05, 3.63) is 77.3 Å². The van der Waals surface area contributed by atoms with Gasteiger partial charge in [-0.05, 0) is 24.1 Å². The van der Waals surface area contributed by atoms with Crippen LogP contribution in [-0.2, 0) is 17.7 Å². The minimum atomic E-state index is -0.136. The number of benzene rings is 2. The zero-order chi connectivity index (χ0) is 20.1. The number of carbonyl (C=O) groups excluding carboxylic acids is 1. The van der Waals surface area contributed by atoms with E-state index in [1.165, 1.54) is 16.9 Å². The van der Waals surface area contributed by atoms with Gasteiger partial charge in [0.2, 0.25) is 0 Å². The van der Waals surface area contributed by atoms with Crippen molar-refractivity contribution in [2.45, 2.75) is 13.0 Å². The van der Waals surface area contributed by atoms with Crippen molar-refractivity contribution in [2.75, 3.05) is 20.3 Å². The van der Waals surface area contributed by atoms with Crippen LogP contribution in [-0.4, -0.2) is 35.7 Å². The van der Waals surface area contributed by atoms with Crippen LogP contribution in [0.1, 0.15) is 16.1 Å². The van der Waals surface area contributed by atoms with Crippen LogP contribution in [0.4, 0.5) is 0 Å². The number of hydrogen-bond donors (Lipinski definition) is 1. The average molecular weight is 406 g/mol. The molecule has 0 aliphatic rings.